The van der Waals surface area contributed by atoms with E-state index in [1.54, 1.807) is 24.3 Å². The lowest BCUT2D eigenvalue weighted by Gasteiger charge is -2.13. The summed E-state index contributed by atoms with van der Waals surface area (Å²) in [6, 6.07) is 22.6. The zero-order valence-corrected chi connectivity index (χ0v) is 22.7. The van der Waals surface area contributed by atoms with E-state index in [1.807, 2.05) is 38.1 Å². The van der Waals surface area contributed by atoms with Crippen LogP contribution in [0.1, 0.15) is 11.1 Å². The molecule has 0 aromatic heterocycles. The quantitative estimate of drug-likeness (QED) is 0.168. The molecule has 0 bridgehead atoms. The van der Waals surface area contributed by atoms with Crippen molar-refractivity contribution in [3.8, 4) is 22.6 Å². The van der Waals surface area contributed by atoms with E-state index in [0.29, 0.717) is 11.4 Å². The maximum absolute atomic E-state index is 12.4. The van der Waals surface area contributed by atoms with Crippen molar-refractivity contribution in [2.24, 2.45) is 0 Å². The van der Waals surface area contributed by atoms with Gasteiger partial charge in [0.1, 0.15) is 0 Å². The first kappa shape index (κ1) is 29.2. The topological polar surface area (TPSA) is 163 Å². The molecule has 0 aliphatic carbocycles. The second-order valence-electron chi connectivity index (χ2n) is 9.18. The molecule has 0 aliphatic heterocycles. The number of nitrogens with zero attached hydrogens (tertiary/aromatic N) is 2. The Balaban J connectivity index is 1.35. The number of rotatable bonds is 11. The molecule has 0 atom stereocenters. The van der Waals surface area contributed by atoms with Gasteiger partial charge in [0.05, 0.1) is 9.85 Å². The van der Waals surface area contributed by atoms with Crippen molar-refractivity contribution >= 4 is 34.6 Å². The normalized spacial score (nSPS) is 10.4. The van der Waals surface area contributed by atoms with Crippen molar-refractivity contribution in [3.63, 3.8) is 0 Å². The first-order chi connectivity index (χ1) is 20.1. The third-order valence-corrected chi connectivity index (χ3v) is 6.18. The molecular formula is C30H26N4O8. The Morgan fingerprint density at radius 2 is 1.02 bits per heavy atom. The van der Waals surface area contributed by atoms with E-state index in [4.69, 9.17) is 9.47 Å². The van der Waals surface area contributed by atoms with Crippen LogP contribution in [0.15, 0.2) is 84.9 Å². The van der Waals surface area contributed by atoms with Crippen LogP contribution in [-0.4, -0.2) is 34.9 Å². The van der Waals surface area contributed by atoms with Crippen LogP contribution in [0.5, 0.6) is 11.5 Å². The van der Waals surface area contributed by atoms with Crippen LogP contribution in [0.4, 0.5) is 22.7 Å². The molecule has 12 nitrogen and oxygen atoms in total. The number of aryl methyl sites for hydroxylation is 2. The van der Waals surface area contributed by atoms with Gasteiger partial charge in [-0.2, -0.15) is 0 Å². The molecule has 4 rings (SSSR count). The Labute approximate surface area is 240 Å². The highest BCUT2D eigenvalue weighted by Gasteiger charge is 2.17. The lowest BCUT2D eigenvalue weighted by molar-refractivity contribution is -0.386. The van der Waals surface area contributed by atoms with Gasteiger partial charge in [-0.1, -0.05) is 36.4 Å². The highest BCUT2D eigenvalue weighted by Crippen LogP contribution is 2.29. The van der Waals surface area contributed by atoms with Gasteiger partial charge in [0.25, 0.3) is 11.8 Å². The summed E-state index contributed by atoms with van der Waals surface area (Å²) < 4.78 is 10.7. The molecule has 4 aromatic rings. The summed E-state index contributed by atoms with van der Waals surface area (Å²) >= 11 is 0. The fourth-order valence-corrected chi connectivity index (χ4v) is 4.09. The molecule has 0 fully saturated rings. The number of ether oxygens (including phenoxy) is 2. The van der Waals surface area contributed by atoms with Gasteiger partial charge >= 0.3 is 11.4 Å². The van der Waals surface area contributed by atoms with Crippen molar-refractivity contribution < 1.29 is 28.9 Å². The van der Waals surface area contributed by atoms with Gasteiger partial charge in [0.15, 0.2) is 24.7 Å². The monoisotopic (exact) mass is 570 g/mol. The van der Waals surface area contributed by atoms with Gasteiger partial charge in [-0.3, -0.25) is 29.8 Å². The van der Waals surface area contributed by atoms with Crippen molar-refractivity contribution in [1.82, 2.24) is 0 Å². The average molecular weight is 571 g/mol. The van der Waals surface area contributed by atoms with Crippen molar-refractivity contribution in [2.75, 3.05) is 23.8 Å². The summed E-state index contributed by atoms with van der Waals surface area (Å²) in [4.78, 5) is 46.0. The summed E-state index contributed by atoms with van der Waals surface area (Å²) in [5.74, 6) is -0.920. The number of nitro groups is 2. The number of anilines is 2. The van der Waals surface area contributed by atoms with Gasteiger partial charge in [-0.25, -0.2) is 0 Å². The van der Waals surface area contributed by atoms with E-state index in [9.17, 15) is 29.8 Å². The van der Waals surface area contributed by atoms with Crippen LogP contribution in [0.3, 0.4) is 0 Å². The molecule has 0 radical (unpaired) electrons. The number of hydrogen-bond acceptors (Lipinski definition) is 8. The third-order valence-electron chi connectivity index (χ3n) is 6.18. The minimum Gasteiger partial charge on any atom is -0.477 e. The maximum atomic E-state index is 12.4. The first-order valence-corrected chi connectivity index (χ1v) is 12.7. The van der Waals surface area contributed by atoms with E-state index < -0.39 is 34.9 Å². The zero-order chi connectivity index (χ0) is 30.2. The molecule has 2 amide bonds. The molecule has 214 valence electrons. The van der Waals surface area contributed by atoms with Crippen LogP contribution in [0.25, 0.3) is 11.1 Å². The Morgan fingerprint density at radius 1 is 0.643 bits per heavy atom. The molecule has 0 saturated carbocycles. The molecule has 0 spiro atoms. The van der Waals surface area contributed by atoms with E-state index >= 15 is 0 Å². The minimum atomic E-state index is -0.575. The smallest absolute Gasteiger partial charge is 0.310 e. The maximum Gasteiger partial charge on any atom is 0.310 e. The van der Waals surface area contributed by atoms with Gasteiger partial charge in [-0.05, 0) is 72.5 Å². The summed E-state index contributed by atoms with van der Waals surface area (Å²) in [6.07, 6.45) is 0. The molecule has 4 aromatic carbocycles. The number of nitro benzene ring substituents is 2. The van der Waals surface area contributed by atoms with Gasteiger partial charge in [0, 0.05) is 23.5 Å². The standard InChI is InChI=1S/C30H26N4O8/c1-19-15-21(11-13-23(19)31-29(35)17-41-27-9-5-3-7-25(27)33(37)38)22-12-14-24(20(2)16-22)32-30(36)18-42-28-10-6-4-8-26(28)34(39)40/h3-16H,17-18H2,1-2H3,(H,31,35)(H,32,36). The number of nitrogens with one attached hydrogen (secondary N) is 2. The summed E-state index contributed by atoms with van der Waals surface area (Å²) in [7, 11) is 0. The molecule has 12 heteroatoms. The molecule has 0 saturated heterocycles. The lowest BCUT2D eigenvalue weighted by Crippen LogP contribution is -2.21. The molecule has 0 unspecified atom stereocenters. The lowest BCUT2D eigenvalue weighted by atomic mass is 10.00. The van der Waals surface area contributed by atoms with Gasteiger partial charge in [-0.15, -0.1) is 0 Å². The Bertz CT molecular complexity index is 1550. The van der Waals surface area contributed by atoms with Crippen LogP contribution >= 0.6 is 0 Å². The second-order valence-corrected chi connectivity index (χ2v) is 9.18. The van der Waals surface area contributed by atoms with Crippen LogP contribution in [0.2, 0.25) is 0 Å². The molecule has 42 heavy (non-hydrogen) atoms. The van der Waals surface area contributed by atoms with Crippen LogP contribution in [0, 0.1) is 34.1 Å². The summed E-state index contributed by atoms with van der Waals surface area (Å²) in [5, 5.41) is 27.8. The van der Waals surface area contributed by atoms with Crippen molar-refractivity contribution in [3.05, 3.63) is 116 Å². The highest BCUT2D eigenvalue weighted by molar-refractivity contribution is 5.94. The van der Waals surface area contributed by atoms with Crippen LogP contribution < -0.4 is 20.1 Å². The summed E-state index contributed by atoms with van der Waals surface area (Å²) in [6.45, 7) is 2.87. The van der Waals surface area contributed by atoms with E-state index in [1.165, 1.54) is 36.4 Å². The van der Waals surface area contributed by atoms with E-state index in [0.717, 1.165) is 22.3 Å². The Kier molecular flexibility index (Phi) is 9.07. The van der Waals surface area contributed by atoms with Crippen molar-refractivity contribution in [1.29, 1.82) is 0 Å². The fourth-order valence-electron chi connectivity index (χ4n) is 4.09. The molecule has 0 heterocycles. The largest absolute Gasteiger partial charge is 0.477 e. The fraction of sp³-hybridized carbons (Fsp3) is 0.133. The van der Waals surface area contributed by atoms with Gasteiger partial charge in [0.2, 0.25) is 0 Å². The number of carbonyl (C=O) groups is 2. The number of hydrogen-bond donors (Lipinski definition) is 2. The number of amides is 2. The third kappa shape index (κ3) is 7.24. The van der Waals surface area contributed by atoms with E-state index in [2.05, 4.69) is 10.6 Å². The van der Waals surface area contributed by atoms with E-state index in [-0.39, 0.29) is 22.9 Å². The number of benzene rings is 4. The predicted molar refractivity (Wildman–Crippen MR) is 156 cm³/mol. The zero-order valence-electron chi connectivity index (χ0n) is 22.7. The molecular weight excluding hydrogens is 544 g/mol. The molecule has 2 N–H and O–H groups in total. The Morgan fingerprint density at radius 3 is 1.38 bits per heavy atom. The summed E-state index contributed by atoms with van der Waals surface area (Å²) in [5.41, 5.74) is 4.01. The van der Waals surface area contributed by atoms with Gasteiger partial charge < -0.3 is 20.1 Å². The molecule has 0 aliphatic rings. The van der Waals surface area contributed by atoms with Crippen molar-refractivity contribution in [2.45, 2.75) is 13.8 Å². The van der Waals surface area contributed by atoms with Crippen LogP contribution in [-0.2, 0) is 9.59 Å². The number of carbonyl (C=O) groups excluding carboxylic acids is 2. The highest BCUT2D eigenvalue weighted by atomic mass is 16.6. The first-order valence-electron chi connectivity index (χ1n) is 12.7. The second kappa shape index (κ2) is 13.0. The number of para-hydroxylation sites is 4. The Hall–Kier alpha value is -5.78. The average Bonchev–Trinajstić information content (AvgIpc) is 2.97. The minimum absolute atomic E-state index is 0.00687. The SMILES string of the molecule is Cc1cc(-c2ccc(NC(=O)COc3ccccc3[N+](=O)[O-])c(C)c2)ccc1NC(=O)COc1ccccc1[N+](=O)[O-]. The predicted octanol–water partition coefficient (Wildman–Crippen LogP) is 5.82.